The van der Waals surface area contributed by atoms with Crippen LogP contribution in [0.4, 0.5) is 0 Å². The monoisotopic (exact) mass is 497 g/mol. The van der Waals surface area contributed by atoms with Gasteiger partial charge >= 0.3 is 0 Å². The van der Waals surface area contributed by atoms with Crippen molar-refractivity contribution >= 4 is 21.2 Å². The first-order valence-corrected chi connectivity index (χ1v) is 13.2. The lowest BCUT2D eigenvalue weighted by Crippen LogP contribution is -2.38. The molecule has 1 unspecified atom stereocenters. The molecule has 1 aliphatic heterocycles. The van der Waals surface area contributed by atoms with Crippen molar-refractivity contribution in [2.45, 2.75) is 29.9 Å². The number of aryl methyl sites for hydroxylation is 1. The number of thiophene rings is 1. The highest BCUT2D eigenvalue weighted by Crippen LogP contribution is 2.36. The van der Waals surface area contributed by atoms with Crippen LogP contribution in [-0.2, 0) is 9.84 Å². The van der Waals surface area contributed by atoms with Crippen LogP contribution in [0.15, 0.2) is 51.2 Å². The van der Waals surface area contributed by atoms with E-state index in [2.05, 4.69) is 25.5 Å². The Hall–Kier alpha value is -3.15. The summed E-state index contributed by atoms with van der Waals surface area (Å²) in [6.07, 6.45) is 3.18. The highest BCUT2D eigenvalue weighted by molar-refractivity contribution is 7.92. The third kappa shape index (κ3) is 4.22. The van der Waals surface area contributed by atoms with Gasteiger partial charge in [-0.3, -0.25) is 4.98 Å². The average molecular weight is 498 g/mol. The molecule has 1 aliphatic rings. The molecule has 4 heterocycles. The van der Waals surface area contributed by atoms with E-state index in [1.807, 2.05) is 18.4 Å². The predicted molar refractivity (Wildman–Crippen MR) is 128 cm³/mol. The zero-order chi connectivity index (χ0) is 23.7. The Balaban J connectivity index is 1.43. The quantitative estimate of drug-likeness (QED) is 0.424. The largest absolute Gasteiger partial charge is 0.495 e. The summed E-state index contributed by atoms with van der Waals surface area (Å²) in [5.74, 6) is 1.26. The Kier molecular flexibility index (Phi) is 6.15. The van der Waals surface area contributed by atoms with Gasteiger partial charge in [0.1, 0.15) is 16.3 Å². The van der Waals surface area contributed by atoms with E-state index in [-0.39, 0.29) is 5.89 Å². The SMILES string of the molecule is COc1ccsc1-c1nnc(-c2nc(-c3ccc(S(=O)(=O)C4CCCNC4)cc3)cnc2C)o1. The summed E-state index contributed by atoms with van der Waals surface area (Å²) in [6.45, 7) is 3.16. The summed E-state index contributed by atoms with van der Waals surface area (Å²) in [7, 11) is -1.80. The molecule has 1 N–H and O–H groups in total. The van der Waals surface area contributed by atoms with Crippen LogP contribution in [0.5, 0.6) is 5.75 Å². The lowest BCUT2D eigenvalue weighted by Gasteiger charge is -2.22. The van der Waals surface area contributed by atoms with Gasteiger partial charge in [-0.1, -0.05) is 12.1 Å². The molecule has 1 fully saturated rings. The highest BCUT2D eigenvalue weighted by atomic mass is 32.2. The number of nitrogens with zero attached hydrogens (tertiary/aromatic N) is 4. The molecule has 0 radical (unpaired) electrons. The van der Waals surface area contributed by atoms with E-state index in [0.29, 0.717) is 46.6 Å². The minimum atomic E-state index is -3.38. The number of benzene rings is 1. The van der Waals surface area contributed by atoms with E-state index in [1.165, 1.54) is 11.3 Å². The maximum atomic E-state index is 13.0. The van der Waals surface area contributed by atoms with E-state index in [9.17, 15) is 8.42 Å². The van der Waals surface area contributed by atoms with E-state index in [0.717, 1.165) is 23.4 Å². The number of sulfone groups is 1. The van der Waals surface area contributed by atoms with Crippen LogP contribution in [0.2, 0.25) is 0 Å². The van der Waals surface area contributed by atoms with Crippen molar-refractivity contribution in [3.05, 3.63) is 47.6 Å². The zero-order valence-electron chi connectivity index (χ0n) is 18.7. The number of hydrogen-bond donors (Lipinski definition) is 1. The first kappa shape index (κ1) is 22.6. The fourth-order valence-electron chi connectivity index (χ4n) is 3.91. The van der Waals surface area contributed by atoms with Gasteiger partial charge in [-0.15, -0.1) is 21.5 Å². The van der Waals surface area contributed by atoms with Gasteiger partial charge in [0.25, 0.3) is 11.8 Å². The first-order chi connectivity index (χ1) is 16.5. The number of nitrogens with one attached hydrogen (secondary N) is 1. The molecule has 0 aliphatic carbocycles. The van der Waals surface area contributed by atoms with Gasteiger partial charge in [0.2, 0.25) is 0 Å². The Morgan fingerprint density at radius 2 is 1.94 bits per heavy atom. The molecule has 0 spiro atoms. The Morgan fingerprint density at radius 3 is 2.68 bits per heavy atom. The van der Waals surface area contributed by atoms with Crippen molar-refractivity contribution in [3.63, 3.8) is 0 Å². The molecule has 11 heteroatoms. The van der Waals surface area contributed by atoms with Gasteiger partial charge in [-0.2, -0.15) is 0 Å². The van der Waals surface area contributed by atoms with Crippen LogP contribution < -0.4 is 10.1 Å². The van der Waals surface area contributed by atoms with Crippen molar-refractivity contribution in [2.24, 2.45) is 0 Å². The molecule has 176 valence electrons. The van der Waals surface area contributed by atoms with Crippen LogP contribution in [0.3, 0.4) is 0 Å². The summed E-state index contributed by atoms with van der Waals surface area (Å²) in [4.78, 5) is 10.2. The normalized spacial score (nSPS) is 16.5. The number of aromatic nitrogens is 4. The van der Waals surface area contributed by atoms with Crippen LogP contribution in [0.25, 0.3) is 33.6 Å². The van der Waals surface area contributed by atoms with Gasteiger partial charge in [0.15, 0.2) is 9.84 Å². The van der Waals surface area contributed by atoms with Crippen LogP contribution in [0.1, 0.15) is 18.5 Å². The molecule has 3 aromatic heterocycles. The second kappa shape index (κ2) is 9.24. The molecule has 0 amide bonds. The second-order valence-electron chi connectivity index (χ2n) is 7.96. The molecule has 1 atom stereocenters. The fraction of sp³-hybridized carbons (Fsp3) is 0.304. The third-order valence-electron chi connectivity index (χ3n) is 5.80. The summed E-state index contributed by atoms with van der Waals surface area (Å²) in [6, 6.07) is 8.61. The molecule has 9 nitrogen and oxygen atoms in total. The molecular formula is C23H23N5O4S2. The molecule has 0 saturated carbocycles. The lowest BCUT2D eigenvalue weighted by molar-refractivity contribution is 0.416. The molecule has 4 aromatic rings. The van der Waals surface area contributed by atoms with E-state index in [4.69, 9.17) is 9.15 Å². The highest BCUT2D eigenvalue weighted by Gasteiger charge is 2.29. The summed E-state index contributed by atoms with van der Waals surface area (Å²) in [5.41, 5.74) is 2.43. The van der Waals surface area contributed by atoms with E-state index >= 15 is 0 Å². The van der Waals surface area contributed by atoms with Gasteiger partial charge in [0.05, 0.1) is 34.8 Å². The zero-order valence-corrected chi connectivity index (χ0v) is 20.3. The summed E-state index contributed by atoms with van der Waals surface area (Å²) < 4.78 is 37.1. The van der Waals surface area contributed by atoms with Crippen molar-refractivity contribution in [2.75, 3.05) is 20.2 Å². The standard InChI is InChI=1S/C23H23N5O4S2/c1-14-20(22-27-28-23(32-22)21-19(31-2)9-11-33-21)26-18(13-25-14)15-5-7-16(8-6-15)34(29,30)17-4-3-10-24-12-17/h5-9,11,13,17,24H,3-4,10,12H2,1-2H3. The molecule has 0 bridgehead atoms. The molecule has 1 aromatic carbocycles. The molecule has 1 saturated heterocycles. The van der Waals surface area contributed by atoms with Gasteiger partial charge in [-0.05, 0) is 49.9 Å². The minimum absolute atomic E-state index is 0.251. The third-order valence-corrected chi connectivity index (χ3v) is 8.89. The van der Waals surface area contributed by atoms with Crippen molar-refractivity contribution in [1.82, 2.24) is 25.5 Å². The van der Waals surface area contributed by atoms with Gasteiger partial charge < -0.3 is 14.5 Å². The van der Waals surface area contributed by atoms with Crippen molar-refractivity contribution in [3.8, 4) is 39.4 Å². The van der Waals surface area contributed by atoms with Crippen molar-refractivity contribution < 1.29 is 17.6 Å². The minimum Gasteiger partial charge on any atom is -0.495 e. The van der Waals surface area contributed by atoms with Crippen LogP contribution >= 0.6 is 11.3 Å². The smallest absolute Gasteiger partial charge is 0.268 e. The molecule has 34 heavy (non-hydrogen) atoms. The number of piperidine rings is 1. The average Bonchev–Trinajstić information content (AvgIpc) is 3.54. The number of ether oxygens (including phenoxy) is 1. The summed E-state index contributed by atoms with van der Waals surface area (Å²) in [5, 5.41) is 13.0. The van der Waals surface area contributed by atoms with Crippen LogP contribution in [0, 0.1) is 6.92 Å². The number of hydrogen-bond acceptors (Lipinski definition) is 10. The maximum absolute atomic E-state index is 13.0. The Labute approximate surface area is 201 Å². The van der Waals surface area contributed by atoms with E-state index in [1.54, 1.807) is 37.6 Å². The number of rotatable bonds is 6. The number of methoxy groups -OCH3 is 1. The van der Waals surface area contributed by atoms with Crippen molar-refractivity contribution in [1.29, 1.82) is 0 Å². The summed E-state index contributed by atoms with van der Waals surface area (Å²) >= 11 is 1.44. The van der Waals surface area contributed by atoms with E-state index < -0.39 is 15.1 Å². The Morgan fingerprint density at radius 1 is 1.15 bits per heavy atom. The topological polar surface area (TPSA) is 120 Å². The Bertz CT molecular complexity index is 1410. The fourth-order valence-corrected chi connectivity index (χ4v) is 6.40. The molecular weight excluding hydrogens is 474 g/mol. The lowest BCUT2D eigenvalue weighted by atomic mass is 10.1. The van der Waals surface area contributed by atoms with Crippen LogP contribution in [-0.4, -0.2) is 54.0 Å². The molecule has 5 rings (SSSR count). The second-order valence-corrected chi connectivity index (χ2v) is 11.1. The van der Waals surface area contributed by atoms with Gasteiger partial charge in [0, 0.05) is 12.1 Å². The first-order valence-electron chi connectivity index (χ1n) is 10.8. The predicted octanol–water partition coefficient (Wildman–Crippen LogP) is 3.76. The van der Waals surface area contributed by atoms with Gasteiger partial charge in [-0.25, -0.2) is 13.4 Å². The maximum Gasteiger partial charge on any atom is 0.268 e.